The summed E-state index contributed by atoms with van der Waals surface area (Å²) in [6.45, 7) is 3.61. The Labute approximate surface area is 196 Å². The highest BCUT2D eigenvalue weighted by atomic mass is 35.5. The summed E-state index contributed by atoms with van der Waals surface area (Å²) in [6, 6.07) is 8.63. The largest absolute Gasteiger partial charge is 0.364 e. The first-order valence-corrected chi connectivity index (χ1v) is 11.5. The standard InChI is InChI=1S/C25H25ClN4O3/c1-13-20(12-33-30-13)24(31)29-23(18-10-16-9-17(16)11-18)25(32)28-19-5-3-15(4-6-19)22-14(2)27-8-7-21(22)26/h3-8,12,16-18,23H,9-11H2,1-2H3,(H,28,32)(H,29,31)/t16-,17+,18?,23-/m0/s1. The topological polar surface area (TPSA) is 97.1 Å². The van der Waals surface area contributed by atoms with Gasteiger partial charge in [0.15, 0.2) is 0 Å². The molecule has 2 aromatic heterocycles. The van der Waals surface area contributed by atoms with E-state index in [1.165, 1.54) is 12.7 Å². The van der Waals surface area contributed by atoms with E-state index >= 15 is 0 Å². The molecule has 5 rings (SSSR count). The first-order chi connectivity index (χ1) is 15.9. The molecule has 2 N–H and O–H groups in total. The molecule has 1 aromatic carbocycles. The van der Waals surface area contributed by atoms with Gasteiger partial charge < -0.3 is 15.2 Å². The van der Waals surface area contributed by atoms with Gasteiger partial charge in [0, 0.05) is 23.1 Å². The third-order valence-corrected chi connectivity index (χ3v) is 7.16. The number of amides is 2. The summed E-state index contributed by atoms with van der Waals surface area (Å²) >= 11 is 6.36. The minimum absolute atomic E-state index is 0.119. The van der Waals surface area contributed by atoms with E-state index in [0.717, 1.165) is 29.7 Å². The van der Waals surface area contributed by atoms with Crippen LogP contribution in [0.2, 0.25) is 5.02 Å². The summed E-state index contributed by atoms with van der Waals surface area (Å²) < 4.78 is 4.89. The number of nitrogens with zero attached hydrogens (tertiary/aromatic N) is 2. The Morgan fingerprint density at radius 1 is 1.06 bits per heavy atom. The maximum Gasteiger partial charge on any atom is 0.257 e. The number of anilines is 1. The molecule has 7 nitrogen and oxygen atoms in total. The Bertz CT molecular complexity index is 1180. The Morgan fingerprint density at radius 2 is 1.79 bits per heavy atom. The fourth-order valence-electron chi connectivity index (χ4n) is 4.98. The number of hydrogen-bond donors (Lipinski definition) is 2. The number of fused-ring (bicyclic) bond motifs is 1. The number of aromatic nitrogens is 2. The maximum atomic E-state index is 13.3. The van der Waals surface area contributed by atoms with E-state index < -0.39 is 6.04 Å². The van der Waals surface area contributed by atoms with E-state index in [9.17, 15) is 9.59 Å². The lowest BCUT2D eigenvalue weighted by Gasteiger charge is -2.25. The molecule has 2 aliphatic carbocycles. The van der Waals surface area contributed by atoms with Crippen LogP contribution in [0, 0.1) is 31.6 Å². The van der Waals surface area contributed by atoms with Crippen LogP contribution in [0.25, 0.3) is 11.1 Å². The van der Waals surface area contributed by atoms with Gasteiger partial charge in [0.25, 0.3) is 5.91 Å². The van der Waals surface area contributed by atoms with Crippen LogP contribution >= 0.6 is 11.6 Å². The summed E-state index contributed by atoms with van der Waals surface area (Å²) in [6.07, 6.45) is 6.16. The van der Waals surface area contributed by atoms with Gasteiger partial charge in [0.2, 0.25) is 5.91 Å². The number of pyridine rings is 1. The fraction of sp³-hybridized carbons (Fsp3) is 0.360. The van der Waals surface area contributed by atoms with E-state index in [1.807, 2.05) is 31.2 Å². The van der Waals surface area contributed by atoms with Crippen molar-refractivity contribution in [2.24, 2.45) is 17.8 Å². The van der Waals surface area contributed by atoms with Crippen molar-refractivity contribution >= 4 is 29.1 Å². The first kappa shape index (κ1) is 21.6. The van der Waals surface area contributed by atoms with Crippen LogP contribution in [-0.2, 0) is 4.79 Å². The molecule has 0 bridgehead atoms. The SMILES string of the molecule is Cc1nocc1C(=O)N[C@H](C(=O)Nc1ccc(-c2c(Cl)ccnc2C)cc1)C1C[C@@H]2C[C@@H]2C1. The molecular weight excluding hydrogens is 440 g/mol. The second-order valence-corrected chi connectivity index (χ2v) is 9.48. The first-order valence-electron chi connectivity index (χ1n) is 11.1. The summed E-state index contributed by atoms with van der Waals surface area (Å²) in [7, 11) is 0. The van der Waals surface area contributed by atoms with E-state index in [1.54, 1.807) is 19.2 Å². The Balaban J connectivity index is 1.33. The van der Waals surface area contributed by atoms with Crippen LogP contribution in [-0.4, -0.2) is 28.0 Å². The molecule has 2 heterocycles. The van der Waals surface area contributed by atoms with E-state index in [-0.39, 0.29) is 17.7 Å². The van der Waals surface area contributed by atoms with Gasteiger partial charge >= 0.3 is 0 Å². The lowest BCUT2D eigenvalue weighted by Crippen LogP contribution is -2.48. The van der Waals surface area contributed by atoms with Crippen molar-refractivity contribution in [3.05, 3.63) is 64.8 Å². The molecule has 8 heteroatoms. The molecule has 1 unspecified atom stereocenters. The van der Waals surface area contributed by atoms with Crippen molar-refractivity contribution < 1.29 is 14.1 Å². The Morgan fingerprint density at radius 3 is 2.42 bits per heavy atom. The smallest absolute Gasteiger partial charge is 0.257 e. The third-order valence-electron chi connectivity index (χ3n) is 6.85. The van der Waals surface area contributed by atoms with Gasteiger partial charge in [-0.2, -0.15) is 0 Å². The Kier molecular flexibility index (Phi) is 5.66. The molecule has 4 atom stereocenters. The van der Waals surface area contributed by atoms with Gasteiger partial charge in [-0.05, 0) is 74.6 Å². The van der Waals surface area contributed by atoms with Crippen molar-refractivity contribution in [1.82, 2.24) is 15.5 Å². The highest BCUT2D eigenvalue weighted by Crippen LogP contribution is 2.55. The number of carbonyl (C=O) groups excluding carboxylic acids is 2. The minimum atomic E-state index is -0.616. The predicted molar refractivity (Wildman–Crippen MR) is 125 cm³/mol. The van der Waals surface area contributed by atoms with Crippen molar-refractivity contribution in [2.75, 3.05) is 5.32 Å². The van der Waals surface area contributed by atoms with Gasteiger partial charge in [-0.1, -0.05) is 28.9 Å². The van der Waals surface area contributed by atoms with Crippen LogP contribution in [0.5, 0.6) is 0 Å². The van der Waals surface area contributed by atoms with Gasteiger partial charge in [0.1, 0.15) is 17.9 Å². The molecule has 0 saturated heterocycles. The van der Waals surface area contributed by atoms with Crippen LogP contribution in [0.1, 0.15) is 41.0 Å². The van der Waals surface area contributed by atoms with Gasteiger partial charge in [-0.15, -0.1) is 0 Å². The number of aryl methyl sites for hydroxylation is 2. The second kappa shape index (κ2) is 8.63. The predicted octanol–water partition coefficient (Wildman–Crippen LogP) is 4.79. The minimum Gasteiger partial charge on any atom is -0.364 e. The van der Waals surface area contributed by atoms with E-state index in [2.05, 4.69) is 20.8 Å². The molecule has 2 saturated carbocycles. The zero-order chi connectivity index (χ0) is 23.1. The quantitative estimate of drug-likeness (QED) is 0.546. The number of hydrogen-bond acceptors (Lipinski definition) is 5. The number of rotatable bonds is 6. The van der Waals surface area contributed by atoms with Crippen molar-refractivity contribution in [1.29, 1.82) is 0 Å². The van der Waals surface area contributed by atoms with Gasteiger partial charge in [-0.25, -0.2) is 0 Å². The molecule has 0 aliphatic heterocycles. The lowest BCUT2D eigenvalue weighted by atomic mass is 9.93. The summed E-state index contributed by atoms with van der Waals surface area (Å²) in [5.41, 5.74) is 4.14. The molecular formula is C25H25ClN4O3. The molecule has 2 fully saturated rings. The normalized spacial score (nSPS) is 21.8. The molecule has 33 heavy (non-hydrogen) atoms. The van der Waals surface area contributed by atoms with Crippen LogP contribution < -0.4 is 10.6 Å². The fourth-order valence-corrected chi connectivity index (χ4v) is 5.29. The number of nitrogens with one attached hydrogen (secondary N) is 2. The molecule has 170 valence electrons. The van der Waals surface area contributed by atoms with Crippen LogP contribution in [0.4, 0.5) is 5.69 Å². The second-order valence-electron chi connectivity index (χ2n) is 9.07. The highest BCUT2D eigenvalue weighted by Gasteiger charge is 2.49. The van der Waals surface area contributed by atoms with Crippen LogP contribution in [0.3, 0.4) is 0 Å². The molecule has 2 amide bonds. The van der Waals surface area contributed by atoms with E-state index in [0.29, 0.717) is 33.8 Å². The van der Waals surface area contributed by atoms with Crippen molar-refractivity contribution in [3.63, 3.8) is 0 Å². The summed E-state index contributed by atoms with van der Waals surface area (Å²) in [4.78, 5) is 30.4. The molecule has 2 aliphatic rings. The van der Waals surface area contributed by atoms with E-state index in [4.69, 9.17) is 16.1 Å². The lowest BCUT2D eigenvalue weighted by molar-refractivity contribution is -0.119. The average molecular weight is 465 g/mol. The molecule has 3 aromatic rings. The van der Waals surface area contributed by atoms with Gasteiger partial charge in [-0.3, -0.25) is 14.6 Å². The third kappa shape index (κ3) is 4.37. The monoisotopic (exact) mass is 464 g/mol. The van der Waals surface area contributed by atoms with Gasteiger partial charge in [0.05, 0.1) is 10.7 Å². The number of carbonyl (C=O) groups is 2. The summed E-state index contributed by atoms with van der Waals surface area (Å²) in [5, 5.41) is 10.3. The molecule has 0 radical (unpaired) electrons. The van der Waals surface area contributed by atoms with Crippen molar-refractivity contribution in [2.45, 2.75) is 39.2 Å². The number of benzene rings is 1. The zero-order valence-electron chi connectivity index (χ0n) is 18.5. The average Bonchev–Trinajstić information content (AvgIpc) is 3.16. The number of halogens is 1. The van der Waals surface area contributed by atoms with Crippen LogP contribution in [0.15, 0.2) is 47.3 Å². The Hall–Kier alpha value is -3.19. The zero-order valence-corrected chi connectivity index (χ0v) is 19.2. The summed E-state index contributed by atoms with van der Waals surface area (Å²) in [5.74, 6) is 0.935. The molecule has 0 spiro atoms. The van der Waals surface area contributed by atoms with Crippen molar-refractivity contribution in [3.8, 4) is 11.1 Å². The highest BCUT2D eigenvalue weighted by molar-refractivity contribution is 6.33. The maximum absolute atomic E-state index is 13.3.